The fourth-order valence-electron chi connectivity index (χ4n) is 2.61. The van der Waals surface area contributed by atoms with Crippen LogP contribution in [0.3, 0.4) is 0 Å². The minimum atomic E-state index is -0.646. The van der Waals surface area contributed by atoms with Crippen LogP contribution < -0.4 is 14.2 Å². The van der Waals surface area contributed by atoms with E-state index in [-0.39, 0.29) is 23.1 Å². The lowest BCUT2D eigenvalue weighted by atomic mass is 10.1. The van der Waals surface area contributed by atoms with Gasteiger partial charge < -0.3 is 14.2 Å². The lowest BCUT2D eigenvalue weighted by Crippen LogP contribution is -2.18. The number of methoxy groups -OCH3 is 1. The Balaban J connectivity index is 1.74. The Labute approximate surface area is 167 Å². The number of nitrogens with zero attached hydrogens (tertiary/aromatic N) is 1. The second-order valence-electron chi connectivity index (χ2n) is 5.73. The zero-order valence-electron chi connectivity index (χ0n) is 15.0. The van der Waals surface area contributed by atoms with E-state index < -0.39 is 5.97 Å². The van der Waals surface area contributed by atoms with Crippen LogP contribution in [-0.4, -0.2) is 19.7 Å². The Morgan fingerprint density at radius 2 is 1.75 bits per heavy atom. The molecule has 5 nitrogen and oxygen atoms in total. The van der Waals surface area contributed by atoms with Crippen LogP contribution >= 0.6 is 11.6 Å². The molecule has 28 heavy (non-hydrogen) atoms. The maximum atomic E-state index is 12.3. The van der Waals surface area contributed by atoms with Crippen LogP contribution in [0, 0.1) is 11.3 Å². The van der Waals surface area contributed by atoms with Crippen LogP contribution in [0.1, 0.15) is 5.56 Å². The fourth-order valence-corrected chi connectivity index (χ4v) is 2.86. The molecule has 0 saturated carbocycles. The van der Waals surface area contributed by atoms with E-state index in [1.807, 2.05) is 54.6 Å². The summed E-state index contributed by atoms with van der Waals surface area (Å²) in [6, 6.07) is 21.9. The van der Waals surface area contributed by atoms with Crippen LogP contribution in [-0.2, 0) is 4.79 Å². The number of hydrogen-bond donors (Lipinski definition) is 0. The number of carbonyl (C=O) groups is 1. The first-order valence-electron chi connectivity index (χ1n) is 8.38. The van der Waals surface area contributed by atoms with Crippen molar-refractivity contribution in [2.24, 2.45) is 0 Å². The van der Waals surface area contributed by atoms with E-state index >= 15 is 0 Å². The van der Waals surface area contributed by atoms with Crippen molar-refractivity contribution in [3.05, 3.63) is 77.3 Å². The van der Waals surface area contributed by atoms with E-state index in [2.05, 4.69) is 0 Å². The summed E-state index contributed by atoms with van der Waals surface area (Å²) in [5, 5.41) is 9.10. The van der Waals surface area contributed by atoms with E-state index in [1.165, 1.54) is 19.2 Å². The molecular formula is C22H16ClNO4. The number of esters is 1. The van der Waals surface area contributed by atoms with Gasteiger partial charge >= 0.3 is 5.97 Å². The Hall–Kier alpha value is -3.49. The number of benzene rings is 3. The van der Waals surface area contributed by atoms with Crippen molar-refractivity contribution in [1.29, 1.82) is 5.26 Å². The van der Waals surface area contributed by atoms with Crippen molar-refractivity contribution >= 4 is 17.6 Å². The number of para-hydroxylation sites is 1. The molecule has 0 N–H and O–H groups in total. The van der Waals surface area contributed by atoms with Gasteiger partial charge in [-0.05, 0) is 17.7 Å². The molecule has 0 unspecified atom stereocenters. The molecule has 0 aliphatic heterocycles. The summed E-state index contributed by atoms with van der Waals surface area (Å²) in [5.74, 6) is 0.159. The van der Waals surface area contributed by atoms with Gasteiger partial charge in [-0.3, -0.25) is 0 Å². The minimum absolute atomic E-state index is 0.0492. The highest BCUT2D eigenvalue weighted by atomic mass is 35.5. The van der Waals surface area contributed by atoms with Gasteiger partial charge in [-0.25, -0.2) is 4.79 Å². The quantitative estimate of drug-likeness (QED) is 0.441. The summed E-state index contributed by atoms with van der Waals surface area (Å²) in [4.78, 5) is 12.3. The van der Waals surface area contributed by atoms with Crippen LogP contribution in [0.15, 0.2) is 66.7 Å². The summed E-state index contributed by atoms with van der Waals surface area (Å²) in [6.07, 6.45) is 0. The average molecular weight is 394 g/mol. The molecular weight excluding hydrogens is 378 g/mol. The monoisotopic (exact) mass is 393 g/mol. The maximum absolute atomic E-state index is 12.3. The van der Waals surface area contributed by atoms with Crippen LogP contribution in [0.4, 0.5) is 0 Å². The summed E-state index contributed by atoms with van der Waals surface area (Å²) >= 11 is 6.11. The summed E-state index contributed by atoms with van der Waals surface area (Å²) < 4.78 is 16.1. The summed E-state index contributed by atoms with van der Waals surface area (Å²) in [7, 11) is 1.40. The highest BCUT2D eigenvalue weighted by Crippen LogP contribution is 2.36. The van der Waals surface area contributed by atoms with Gasteiger partial charge in [0.05, 0.1) is 23.8 Å². The minimum Gasteiger partial charge on any atom is -0.493 e. The topological polar surface area (TPSA) is 68.5 Å². The molecule has 0 aliphatic carbocycles. The number of halogens is 1. The van der Waals surface area contributed by atoms with Crippen molar-refractivity contribution in [1.82, 2.24) is 0 Å². The molecule has 6 heteroatoms. The normalized spacial score (nSPS) is 10.0. The molecule has 0 amide bonds. The zero-order valence-corrected chi connectivity index (χ0v) is 15.8. The van der Waals surface area contributed by atoms with Crippen molar-refractivity contribution in [2.75, 3.05) is 13.7 Å². The second kappa shape index (κ2) is 8.94. The molecule has 3 aromatic rings. The molecule has 0 spiro atoms. The number of nitriles is 1. The Morgan fingerprint density at radius 3 is 2.46 bits per heavy atom. The fraction of sp³-hybridized carbons (Fsp3) is 0.0909. The summed E-state index contributed by atoms with van der Waals surface area (Å²) in [6.45, 7) is -0.316. The van der Waals surface area contributed by atoms with E-state index in [4.69, 9.17) is 31.1 Å². The lowest BCUT2D eigenvalue weighted by molar-refractivity contribution is -0.136. The Bertz CT molecular complexity index is 1030. The van der Waals surface area contributed by atoms with E-state index in [0.29, 0.717) is 11.3 Å². The van der Waals surface area contributed by atoms with Gasteiger partial charge in [-0.15, -0.1) is 0 Å². The molecule has 3 aromatic carbocycles. The molecule has 0 saturated heterocycles. The first-order valence-corrected chi connectivity index (χ1v) is 8.75. The molecule has 0 aliphatic rings. The molecule has 0 bridgehead atoms. The van der Waals surface area contributed by atoms with Gasteiger partial charge in [0.2, 0.25) is 0 Å². The predicted octanol–water partition coefficient (Wildman–Crippen LogP) is 4.87. The average Bonchev–Trinajstić information content (AvgIpc) is 2.74. The van der Waals surface area contributed by atoms with Crippen LogP contribution in [0.5, 0.6) is 17.2 Å². The largest absolute Gasteiger partial charge is 0.493 e. The van der Waals surface area contributed by atoms with Crippen molar-refractivity contribution in [3.8, 4) is 34.4 Å². The summed E-state index contributed by atoms with van der Waals surface area (Å²) in [5.41, 5.74) is 2.14. The zero-order chi connectivity index (χ0) is 19.9. The molecule has 0 heterocycles. The number of rotatable bonds is 6. The Kier molecular flexibility index (Phi) is 6.15. The number of hydrogen-bond acceptors (Lipinski definition) is 5. The van der Waals surface area contributed by atoms with Gasteiger partial charge in [-0.2, -0.15) is 5.26 Å². The Morgan fingerprint density at radius 1 is 1.04 bits per heavy atom. The van der Waals surface area contributed by atoms with Gasteiger partial charge in [0.1, 0.15) is 5.75 Å². The third kappa shape index (κ3) is 4.43. The van der Waals surface area contributed by atoms with Crippen molar-refractivity contribution in [2.45, 2.75) is 0 Å². The highest BCUT2D eigenvalue weighted by molar-refractivity contribution is 6.32. The maximum Gasteiger partial charge on any atom is 0.349 e. The van der Waals surface area contributed by atoms with Crippen LogP contribution in [0.25, 0.3) is 11.1 Å². The first-order chi connectivity index (χ1) is 13.6. The van der Waals surface area contributed by atoms with Gasteiger partial charge in [0.25, 0.3) is 0 Å². The molecule has 0 aromatic heterocycles. The molecule has 3 rings (SSSR count). The first kappa shape index (κ1) is 19.3. The van der Waals surface area contributed by atoms with Crippen LogP contribution in [0.2, 0.25) is 5.02 Å². The van der Waals surface area contributed by atoms with E-state index in [1.54, 1.807) is 6.07 Å². The van der Waals surface area contributed by atoms with Gasteiger partial charge in [-0.1, -0.05) is 60.1 Å². The standard InChI is InChI=1S/C22H16ClNO4/c1-26-20-12-15(13-24)11-18(23)22(20)28-21(25)14-27-19-10-6-5-9-17(19)16-7-3-2-4-8-16/h2-12H,14H2,1H3. The highest BCUT2D eigenvalue weighted by Gasteiger charge is 2.17. The SMILES string of the molecule is COc1cc(C#N)cc(Cl)c1OC(=O)COc1ccccc1-c1ccccc1. The smallest absolute Gasteiger partial charge is 0.349 e. The van der Waals surface area contributed by atoms with E-state index in [9.17, 15) is 4.79 Å². The lowest BCUT2D eigenvalue weighted by Gasteiger charge is -2.13. The molecule has 0 radical (unpaired) electrons. The van der Waals surface area contributed by atoms with Gasteiger partial charge in [0.15, 0.2) is 18.1 Å². The number of ether oxygens (including phenoxy) is 3. The second-order valence-corrected chi connectivity index (χ2v) is 6.13. The third-order valence-electron chi connectivity index (χ3n) is 3.89. The predicted molar refractivity (Wildman–Crippen MR) is 106 cm³/mol. The van der Waals surface area contributed by atoms with Gasteiger partial charge in [0, 0.05) is 11.6 Å². The molecule has 0 fully saturated rings. The third-order valence-corrected chi connectivity index (χ3v) is 4.17. The molecule has 0 atom stereocenters. The van der Waals surface area contributed by atoms with E-state index in [0.717, 1.165) is 11.1 Å². The number of carbonyl (C=O) groups excluding carboxylic acids is 1. The van der Waals surface area contributed by atoms with Crippen molar-refractivity contribution in [3.63, 3.8) is 0 Å². The van der Waals surface area contributed by atoms with Crippen molar-refractivity contribution < 1.29 is 19.0 Å². The molecule has 140 valence electrons.